The molecule has 1 aliphatic rings. The molecule has 0 aromatic carbocycles. The molecule has 1 amide bonds. The second kappa shape index (κ2) is 4.15. The number of aromatic nitrogens is 1. The molecule has 1 heterocycles. The molecule has 2 rings (SSSR count). The van der Waals surface area contributed by atoms with Crippen molar-refractivity contribution >= 4 is 11.9 Å². The summed E-state index contributed by atoms with van der Waals surface area (Å²) in [5, 5.41) is 12.0. The molecule has 0 radical (unpaired) electrons. The third-order valence-electron chi connectivity index (χ3n) is 3.82. The number of carboxylic acids is 1. The largest absolute Gasteiger partial charge is 0.480 e. The highest BCUT2D eigenvalue weighted by Crippen LogP contribution is 2.39. The maximum absolute atomic E-state index is 12.1. The van der Waals surface area contributed by atoms with E-state index in [1.807, 2.05) is 13.0 Å². The van der Waals surface area contributed by atoms with Gasteiger partial charge in [0.15, 0.2) is 0 Å². The van der Waals surface area contributed by atoms with Crippen LogP contribution in [0.1, 0.15) is 35.9 Å². The number of amides is 1. The molecular weight excluding hydrogens is 232 g/mol. The van der Waals surface area contributed by atoms with E-state index in [2.05, 4.69) is 5.32 Å². The van der Waals surface area contributed by atoms with Gasteiger partial charge in [0.25, 0.3) is 5.91 Å². The van der Waals surface area contributed by atoms with E-state index < -0.39 is 11.5 Å². The summed E-state index contributed by atoms with van der Waals surface area (Å²) >= 11 is 0. The zero-order valence-electron chi connectivity index (χ0n) is 10.9. The predicted octanol–water partition coefficient (Wildman–Crippen LogP) is 1.32. The standard InChI is InChI=1S/C13H18N2O3/c1-8-4-7-10(15(8)3)11(16)14-13(2,12(17)18)9-5-6-9/h4,7,9H,5-6H2,1-3H3,(H,14,16)(H,17,18)/t13-/m1/s1. The molecule has 0 saturated heterocycles. The van der Waals surface area contributed by atoms with E-state index in [1.54, 1.807) is 24.6 Å². The van der Waals surface area contributed by atoms with Crippen LogP contribution in [0.2, 0.25) is 0 Å². The number of nitrogens with one attached hydrogen (secondary N) is 1. The predicted molar refractivity (Wildman–Crippen MR) is 66.4 cm³/mol. The highest BCUT2D eigenvalue weighted by Gasteiger charge is 2.48. The first kappa shape index (κ1) is 12.7. The molecule has 18 heavy (non-hydrogen) atoms. The third-order valence-corrected chi connectivity index (χ3v) is 3.82. The van der Waals surface area contributed by atoms with Crippen molar-refractivity contribution in [2.75, 3.05) is 0 Å². The number of hydrogen-bond acceptors (Lipinski definition) is 2. The summed E-state index contributed by atoms with van der Waals surface area (Å²) in [7, 11) is 1.79. The van der Waals surface area contributed by atoms with Gasteiger partial charge in [-0.3, -0.25) is 4.79 Å². The number of aliphatic carboxylic acids is 1. The fourth-order valence-corrected chi connectivity index (χ4v) is 2.13. The molecule has 5 nitrogen and oxygen atoms in total. The normalized spacial score (nSPS) is 18.2. The van der Waals surface area contributed by atoms with Gasteiger partial charge in [0.2, 0.25) is 0 Å². The van der Waals surface area contributed by atoms with E-state index in [-0.39, 0.29) is 11.8 Å². The van der Waals surface area contributed by atoms with Crippen molar-refractivity contribution in [1.29, 1.82) is 0 Å². The van der Waals surface area contributed by atoms with Crippen LogP contribution < -0.4 is 5.32 Å². The van der Waals surface area contributed by atoms with E-state index in [0.717, 1.165) is 18.5 Å². The lowest BCUT2D eigenvalue weighted by molar-refractivity contribution is -0.144. The lowest BCUT2D eigenvalue weighted by Crippen LogP contribution is -2.54. The van der Waals surface area contributed by atoms with Crippen LogP contribution in [-0.4, -0.2) is 27.1 Å². The summed E-state index contributed by atoms with van der Waals surface area (Å²) < 4.78 is 1.75. The van der Waals surface area contributed by atoms with Crippen LogP contribution in [-0.2, 0) is 11.8 Å². The van der Waals surface area contributed by atoms with E-state index >= 15 is 0 Å². The van der Waals surface area contributed by atoms with Gasteiger partial charge in [-0.2, -0.15) is 0 Å². The van der Waals surface area contributed by atoms with Crippen LogP contribution in [0.25, 0.3) is 0 Å². The van der Waals surface area contributed by atoms with E-state index in [1.165, 1.54) is 0 Å². The first-order valence-electron chi connectivity index (χ1n) is 6.04. The Morgan fingerprint density at radius 2 is 2.06 bits per heavy atom. The van der Waals surface area contributed by atoms with Crippen LogP contribution in [0, 0.1) is 12.8 Å². The molecule has 0 spiro atoms. The SMILES string of the molecule is Cc1ccc(C(=O)N[C@@](C)(C(=O)O)C2CC2)n1C. The second-order valence-corrected chi connectivity index (χ2v) is 5.15. The molecular formula is C13H18N2O3. The molecule has 1 aliphatic carbocycles. The first-order valence-corrected chi connectivity index (χ1v) is 6.04. The number of rotatable bonds is 4. The fourth-order valence-electron chi connectivity index (χ4n) is 2.13. The molecule has 1 aromatic rings. The van der Waals surface area contributed by atoms with Gasteiger partial charge in [-0.05, 0) is 44.7 Å². The lowest BCUT2D eigenvalue weighted by Gasteiger charge is -2.26. The Morgan fingerprint density at radius 1 is 1.44 bits per heavy atom. The molecule has 5 heteroatoms. The number of hydrogen-bond donors (Lipinski definition) is 2. The van der Waals surface area contributed by atoms with Crippen LogP contribution in [0.5, 0.6) is 0 Å². The molecule has 0 unspecified atom stereocenters. The summed E-state index contributed by atoms with van der Waals surface area (Å²) in [4.78, 5) is 23.5. The minimum absolute atomic E-state index is 0.0420. The minimum Gasteiger partial charge on any atom is -0.480 e. The molecule has 0 aliphatic heterocycles. The molecule has 1 saturated carbocycles. The van der Waals surface area contributed by atoms with Gasteiger partial charge in [0, 0.05) is 12.7 Å². The Hall–Kier alpha value is -1.78. The van der Waals surface area contributed by atoms with Gasteiger partial charge in [0.05, 0.1) is 0 Å². The first-order chi connectivity index (χ1) is 8.36. The van der Waals surface area contributed by atoms with Gasteiger partial charge in [-0.15, -0.1) is 0 Å². The maximum atomic E-state index is 12.1. The topological polar surface area (TPSA) is 71.3 Å². The molecule has 1 aromatic heterocycles. The summed E-state index contributed by atoms with van der Waals surface area (Å²) in [6.45, 7) is 3.48. The van der Waals surface area contributed by atoms with E-state index in [4.69, 9.17) is 0 Å². The van der Waals surface area contributed by atoms with Crippen LogP contribution in [0.4, 0.5) is 0 Å². The van der Waals surface area contributed by atoms with Gasteiger partial charge < -0.3 is 15.0 Å². The Bertz CT molecular complexity index is 502. The average molecular weight is 250 g/mol. The number of nitrogens with zero attached hydrogens (tertiary/aromatic N) is 1. The van der Waals surface area contributed by atoms with Crippen molar-refractivity contribution in [3.63, 3.8) is 0 Å². The molecule has 2 N–H and O–H groups in total. The van der Waals surface area contributed by atoms with Crippen LogP contribution in [0.15, 0.2) is 12.1 Å². The van der Waals surface area contributed by atoms with Crippen molar-refractivity contribution in [1.82, 2.24) is 9.88 Å². The quantitative estimate of drug-likeness (QED) is 0.846. The maximum Gasteiger partial charge on any atom is 0.329 e. The molecule has 0 bridgehead atoms. The molecule has 98 valence electrons. The Balaban J connectivity index is 2.20. The average Bonchev–Trinajstić information content (AvgIpc) is 3.08. The summed E-state index contributed by atoms with van der Waals surface area (Å²) in [6, 6.07) is 3.55. The summed E-state index contributed by atoms with van der Waals surface area (Å²) in [5.74, 6) is -1.26. The highest BCUT2D eigenvalue weighted by molar-refractivity contribution is 5.97. The number of aryl methyl sites for hydroxylation is 1. The summed E-state index contributed by atoms with van der Waals surface area (Å²) in [6.07, 6.45) is 1.71. The lowest BCUT2D eigenvalue weighted by atomic mass is 9.96. The Morgan fingerprint density at radius 3 is 2.44 bits per heavy atom. The van der Waals surface area contributed by atoms with Crippen molar-refractivity contribution in [3.05, 3.63) is 23.5 Å². The van der Waals surface area contributed by atoms with Crippen molar-refractivity contribution in [2.24, 2.45) is 13.0 Å². The number of carbonyl (C=O) groups excluding carboxylic acids is 1. The van der Waals surface area contributed by atoms with Gasteiger partial charge >= 0.3 is 5.97 Å². The van der Waals surface area contributed by atoms with Crippen molar-refractivity contribution in [2.45, 2.75) is 32.2 Å². The van der Waals surface area contributed by atoms with Crippen LogP contribution >= 0.6 is 0 Å². The third kappa shape index (κ3) is 2.00. The number of carbonyl (C=O) groups is 2. The smallest absolute Gasteiger partial charge is 0.329 e. The zero-order chi connectivity index (χ0) is 13.5. The van der Waals surface area contributed by atoms with Crippen LogP contribution in [0.3, 0.4) is 0 Å². The Labute approximate surface area is 106 Å². The summed E-state index contributed by atoms with van der Waals surface area (Å²) in [5.41, 5.74) is 0.291. The number of carboxylic acid groups (broad SMARTS) is 1. The monoisotopic (exact) mass is 250 g/mol. The van der Waals surface area contributed by atoms with E-state index in [0.29, 0.717) is 5.69 Å². The fraction of sp³-hybridized carbons (Fsp3) is 0.538. The van der Waals surface area contributed by atoms with Crippen molar-refractivity contribution in [3.8, 4) is 0 Å². The minimum atomic E-state index is -1.16. The highest BCUT2D eigenvalue weighted by atomic mass is 16.4. The van der Waals surface area contributed by atoms with Gasteiger partial charge in [-0.25, -0.2) is 4.79 Å². The van der Waals surface area contributed by atoms with Gasteiger partial charge in [-0.1, -0.05) is 0 Å². The van der Waals surface area contributed by atoms with Crippen molar-refractivity contribution < 1.29 is 14.7 Å². The van der Waals surface area contributed by atoms with E-state index in [9.17, 15) is 14.7 Å². The van der Waals surface area contributed by atoms with Gasteiger partial charge in [0.1, 0.15) is 11.2 Å². The second-order valence-electron chi connectivity index (χ2n) is 5.15. The zero-order valence-corrected chi connectivity index (χ0v) is 10.9. The Kier molecular flexibility index (Phi) is 2.92. The molecule has 1 atom stereocenters. The molecule has 1 fully saturated rings.